The number of amides is 3. The molecule has 1 saturated heterocycles. The van der Waals surface area contributed by atoms with Crippen molar-refractivity contribution >= 4 is 29.7 Å². The minimum Gasteiger partial charge on any atom is -0.481 e. The Morgan fingerprint density at radius 1 is 1.07 bits per heavy atom. The van der Waals surface area contributed by atoms with Gasteiger partial charge in [-0.3, -0.25) is 19.2 Å². The van der Waals surface area contributed by atoms with Gasteiger partial charge in [-0.2, -0.15) is 0 Å². The third-order valence-electron chi connectivity index (χ3n) is 4.88. The van der Waals surface area contributed by atoms with E-state index < -0.39 is 72.3 Å². The molecule has 0 saturated carbocycles. The molecule has 0 aromatic rings. The predicted octanol–water partition coefficient (Wildman–Crippen LogP) is -2.13. The first-order valence-corrected chi connectivity index (χ1v) is 9.66. The Morgan fingerprint density at radius 3 is 2.13 bits per heavy atom. The van der Waals surface area contributed by atoms with Gasteiger partial charge in [-0.1, -0.05) is 13.8 Å². The van der Waals surface area contributed by atoms with Gasteiger partial charge in [0.05, 0.1) is 12.5 Å². The van der Waals surface area contributed by atoms with Crippen LogP contribution in [-0.2, 0) is 24.0 Å². The summed E-state index contributed by atoms with van der Waals surface area (Å²) in [4.78, 5) is 61.2. The van der Waals surface area contributed by atoms with Crippen LogP contribution in [-0.4, -0.2) is 86.7 Å². The van der Waals surface area contributed by atoms with Crippen LogP contribution < -0.4 is 16.4 Å². The van der Waals surface area contributed by atoms with Crippen molar-refractivity contribution in [3.63, 3.8) is 0 Å². The fourth-order valence-corrected chi connectivity index (χ4v) is 3.13. The number of carboxylic acid groups (broad SMARTS) is 2. The lowest BCUT2D eigenvalue weighted by Crippen LogP contribution is -2.59. The van der Waals surface area contributed by atoms with Crippen molar-refractivity contribution in [2.75, 3.05) is 6.54 Å². The summed E-state index contributed by atoms with van der Waals surface area (Å²) in [6.45, 7) is 4.68. The van der Waals surface area contributed by atoms with Gasteiger partial charge in [0.1, 0.15) is 24.2 Å². The molecule has 1 rings (SSSR count). The number of aliphatic hydroxyl groups excluding tert-OH is 1. The van der Waals surface area contributed by atoms with Gasteiger partial charge < -0.3 is 36.6 Å². The molecule has 12 nitrogen and oxygen atoms in total. The summed E-state index contributed by atoms with van der Waals surface area (Å²) in [7, 11) is 0. The summed E-state index contributed by atoms with van der Waals surface area (Å²) in [5, 5.41) is 32.5. The van der Waals surface area contributed by atoms with Crippen LogP contribution >= 0.6 is 0 Å². The van der Waals surface area contributed by atoms with Gasteiger partial charge in [0.15, 0.2) is 0 Å². The Morgan fingerprint density at radius 2 is 1.67 bits per heavy atom. The Balaban J connectivity index is 2.99. The number of hydrogen-bond acceptors (Lipinski definition) is 7. The Labute approximate surface area is 173 Å². The summed E-state index contributed by atoms with van der Waals surface area (Å²) < 4.78 is 0. The zero-order valence-corrected chi connectivity index (χ0v) is 17.2. The Bertz CT molecular complexity index is 681. The molecule has 3 amide bonds. The van der Waals surface area contributed by atoms with Crippen molar-refractivity contribution < 1.29 is 39.3 Å². The zero-order chi connectivity index (χ0) is 23.2. The van der Waals surface area contributed by atoms with Crippen molar-refractivity contribution in [1.82, 2.24) is 15.5 Å². The van der Waals surface area contributed by atoms with E-state index in [1.807, 2.05) is 0 Å². The Kier molecular flexibility index (Phi) is 9.18. The van der Waals surface area contributed by atoms with Gasteiger partial charge in [0.2, 0.25) is 17.7 Å². The van der Waals surface area contributed by atoms with Crippen molar-refractivity contribution in [3.8, 4) is 0 Å². The number of carbonyl (C=O) groups is 5. The van der Waals surface area contributed by atoms with E-state index >= 15 is 0 Å². The summed E-state index contributed by atoms with van der Waals surface area (Å²) in [6.07, 6.45) is -1.24. The molecule has 0 bridgehead atoms. The molecule has 170 valence electrons. The highest BCUT2D eigenvalue weighted by atomic mass is 16.4. The molecule has 1 aliphatic heterocycles. The van der Waals surface area contributed by atoms with Crippen LogP contribution in [0.25, 0.3) is 0 Å². The highest BCUT2D eigenvalue weighted by Gasteiger charge is 2.39. The molecule has 1 aliphatic rings. The number of carboxylic acids is 2. The van der Waals surface area contributed by atoms with E-state index in [-0.39, 0.29) is 13.0 Å². The van der Waals surface area contributed by atoms with Gasteiger partial charge in [-0.25, -0.2) is 4.79 Å². The molecule has 7 N–H and O–H groups in total. The second-order valence-corrected chi connectivity index (χ2v) is 7.68. The van der Waals surface area contributed by atoms with Gasteiger partial charge in [0, 0.05) is 6.54 Å². The molecule has 0 spiro atoms. The van der Waals surface area contributed by atoms with Crippen LogP contribution in [0.15, 0.2) is 0 Å². The molecule has 0 aliphatic carbocycles. The first-order chi connectivity index (χ1) is 13.9. The van der Waals surface area contributed by atoms with Crippen molar-refractivity contribution in [1.29, 1.82) is 0 Å². The first-order valence-electron chi connectivity index (χ1n) is 9.66. The van der Waals surface area contributed by atoms with Crippen LogP contribution in [0, 0.1) is 5.92 Å². The highest BCUT2D eigenvalue weighted by molar-refractivity contribution is 5.96. The SMILES string of the molecule is CC(C)C(NC(=O)C(N)C(C)O)C(=O)NC(CC(=O)O)C(=O)N1CCCC1C(=O)O. The molecule has 1 fully saturated rings. The molecule has 0 radical (unpaired) electrons. The van der Waals surface area contributed by atoms with E-state index in [9.17, 15) is 34.2 Å². The molecule has 5 unspecified atom stereocenters. The summed E-state index contributed by atoms with van der Waals surface area (Å²) in [6, 6.07) is -5.02. The van der Waals surface area contributed by atoms with Crippen molar-refractivity contribution in [2.24, 2.45) is 11.7 Å². The smallest absolute Gasteiger partial charge is 0.326 e. The monoisotopic (exact) mass is 430 g/mol. The largest absolute Gasteiger partial charge is 0.481 e. The van der Waals surface area contributed by atoms with Crippen molar-refractivity contribution in [2.45, 2.75) is 70.3 Å². The molecule has 1 heterocycles. The van der Waals surface area contributed by atoms with E-state index in [1.54, 1.807) is 13.8 Å². The van der Waals surface area contributed by atoms with Crippen LogP contribution in [0.5, 0.6) is 0 Å². The summed E-state index contributed by atoms with van der Waals surface area (Å²) >= 11 is 0. The number of hydrogen-bond donors (Lipinski definition) is 6. The first kappa shape index (κ1) is 25.3. The molecule has 0 aromatic heterocycles. The number of carbonyl (C=O) groups excluding carboxylic acids is 3. The van der Waals surface area contributed by atoms with Crippen LogP contribution in [0.4, 0.5) is 0 Å². The summed E-state index contributed by atoms with van der Waals surface area (Å²) in [5.74, 6) is -5.44. The molecule has 12 heteroatoms. The molecule has 5 atom stereocenters. The molecular formula is C18H30N4O8. The minimum atomic E-state index is -1.50. The highest BCUT2D eigenvalue weighted by Crippen LogP contribution is 2.19. The fraction of sp³-hybridized carbons (Fsp3) is 0.722. The zero-order valence-electron chi connectivity index (χ0n) is 17.2. The van der Waals surface area contributed by atoms with Gasteiger partial charge >= 0.3 is 11.9 Å². The van der Waals surface area contributed by atoms with E-state index in [0.29, 0.717) is 6.42 Å². The van der Waals surface area contributed by atoms with E-state index in [4.69, 9.17) is 10.8 Å². The standard InChI is InChI=1S/C18H30N4O8/c1-8(2)14(21-15(26)13(19)9(3)23)16(27)20-10(7-12(24)25)17(28)22-6-4-5-11(22)18(29)30/h8-11,13-14,23H,4-7,19H2,1-3H3,(H,20,27)(H,21,26)(H,24,25)(H,29,30). The van der Waals surface area contributed by atoms with Gasteiger partial charge in [-0.15, -0.1) is 0 Å². The number of nitrogens with one attached hydrogen (secondary N) is 2. The lowest BCUT2D eigenvalue weighted by atomic mass is 10.0. The molecule has 30 heavy (non-hydrogen) atoms. The number of rotatable bonds is 10. The fourth-order valence-electron chi connectivity index (χ4n) is 3.13. The topological polar surface area (TPSA) is 199 Å². The van der Waals surface area contributed by atoms with Crippen molar-refractivity contribution in [3.05, 3.63) is 0 Å². The maximum absolute atomic E-state index is 12.8. The lowest BCUT2D eigenvalue weighted by Gasteiger charge is -2.29. The third-order valence-corrected chi connectivity index (χ3v) is 4.88. The second kappa shape index (κ2) is 10.9. The number of likely N-dealkylation sites (tertiary alicyclic amines) is 1. The normalized spacial score (nSPS) is 20.2. The number of aliphatic hydroxyl groups is 1. The molecule has 0 aromatic carbocycles. The van der Waals surface area contributed by atoms with Gasteiger partial charge in [-0.05, 0) is 25.7 Å². The van der Waals surface area contributed by atoms with Crippen LogP contribution in [0.1, 0.15) is 40.0 Å². The van der Waals surface area contributed by atoms with E-state index in [1.165, 1.54) is 6.92 Å². The third kappa shape index (κ3) is 6.66. The molecular weight excluding hydrogens is 400 g/mol. The Hall–Kier alpha value is -2.73. The maximum Gasteiger partial charge on any atom is 0.326 e. The minimum absolute atomic E-state index is 0.134. The van der Waals surface area contributed by atoms with Crippen LogP contribution in [0.2, 0.25) is 0 Å². The van der Waals surface area contributed by atoms with E-state index in [2.05, 4.69) is 10.6 Å². The number of nitrogens with zero attached hydrogens (tertiary/aromatic N) is 1. The average molecular weight is 430 g/mol. The van der Waals surface area contributed by atoms with Gasteiger partial charge in [0.25, 0.3) is 0 Å². The quantitative estimate of drug-likeness (QED) is 0.224. The maximum atomic E-state index is 12.8. The second-order valence-electron chi connectivity index (χ2n) is 7.68. The van der Waals surface area contributed by atoms with E-state index in [0.717, 1.165) is 4.90 Å². The predicted molar refractivity (Wildman–Crippen MR) is 103 cm³/mol. The summed E-state index contributed by atoms with van der Waals surface area (Å²) in [5.41, 5.74) is 5.56. The lowest BCUT2D eigenvalue weighted by molar-refractivity contribution is -0.150. The van der Waals surface area contributed by atoms with Crippen LogP contribution in [0.3, 0.4) is 0 Å². The number of aliphatic carboxylic acids is 2. The number of nitrogens with two attached hydrogens (primary N) is 1. The average Bonchev–Trinajstić information content (AvgIpc) is 3.13.